The van der Waals surface area contributed by atoms with Crippen molar-refractivity contribution in [3.63, 3.8) is 0 Å². The largest absolute Gasteiger partial charge is 0.465 e. The van der Waals surface area contributed by atoms with Gasteiger partial charge in [-0.05, 0) is 6.07 Å². The molecule has 0 aliphatic rings. The average Bonchev–Trinajstić information content (AvgIpc) is 2.34. The van der Waals surface area contributed by atoms with Crippen molar-refractivity contribution in [2.45, 2.75) is 0 Å². The number of fused-ring (bicyclic) bond motifs is 1. The lowest BCUT2D eigenvalue weighted by atomic mass is 9.96. The SMILES string of the molecule is [B]c1coc2ccccc12. The van der Waals surface area contributed by atoms with E-state index in [1.165, 1.54) is 0 Å². The van der Waals surface area contributed by atoms with E-state index < -0.39 is 0 Å². The van der Waals surface area contributed by atoms with Gasteiger partial charge in [-0.3, -0.25) is 0 Å². The van der Waals surface area contributed by atoms with Crippen molar-refractivity contribution in [3.05, 3.63) is 30.5 Å². The molecule has 0 amide bonds. The van der Waals surface area contributed by atoms with Gasteiger partial charge in [-0.15, -0.1) is 0 Å². The van der Waals surface area contributed by atoms with E-state index in [0.717, 1.165) is 11.0 Å². The second-order valence-corrected chi connectivity index (χ2v) is 2.19. The van der Waals surface area contributed by atoms with Crippen LogP contribution in [0.3, 0.4) is 0 Å². The zero-order valence-corrected chi connectivity index (χ0v) is 5.37. The van der Waals surface area contributed by atoms with E-state index >= 15 is 0 Å². The van der Waals surface area contributed by atoms with Crippen LogP contribution in [0.2, 0.25) is 0 Å². The Hall–Kier alpha value is -1.18. The molecule has 0 aliphatic heterocycles. The Morgan fingerprint density at radius 1 is 1.20 bits per heavy atom. The molecule has 0 bridgehead atoms. The van der Waals surface area contributed by atoms with Gasteiger partial charge >= 0.3 is 0 Å². The number of furan rings is 1. The molecule has 46 valence electrons. The van der Waals surface area contributed by atoms with E-state index in [1.807, 2.05) is 24.3 Å². The van der Waals surface area contributed by atoms with Crippen molar-refractivity contribution in [2.75, 3.05) is 0 Å². The van der Waals surface area contributed by atoms with Crippen molar-refractivity contribution >= 4 is 24.3 Å². The van der Waals surface area contributed by atoms with Crippen molar-refractivity contribution in [1.29, 1.82) is 0 Å². The summed E-state index contributed by atoms with van der Waals surface area (Å²) in [5.74, 6) is 0. The third-order valence-corrected chi connectivity index (χ3v) is 1.51. The van der Waals surface area contributed by atoms with Crippen LogP contribution in [0.25, 0.3) is 11.0 Å². The summed E-state index contributed by atoms with van der Waals surface area (Å²) in [4.78, 5) is 0. The molecule has 0 saturated heterocycles. The molecule has 1 aromatic heterocycles. The second-order valence-electron chi connectivity index (χ2n) is 2.19. The van der Waals surface area contributed by atoms with Crippen LogP contribution in [-0.2, 0) is 0 Å². The van der Waals surface area contributed by atoms with Crippen LogP contribution in [0.1, 0.15) is 0 Å². The summed E-state index contributed by atoms with van der Waals surface area (Å²) >= 11 is 0. The summed E-state index contributed by atoms with van der Waals surface area (Å²) in [6, 6.07) is 7.69. The van der Waals surface area contributed by atoms with Crippen molar-refractivity contribution in [3.8, 4) is 0 Å². The minimum Gasteiger partial charge on any atom is -0.465 e. The summed E-state index contributed by atoms with van der Waals surface area (Å²) < 4.78 is 5.12. The Morgan fingerprint density at radius 2 is 2.00 bits per heavy atom. The molecular weight excluding hydrogens is 123 g/mol. The number of hydrogen-bond acceptors (Lipinski definition) is 1. The third-order valence-electron chi connectivity index (χ3n) is 1.51. The van der Waals surface area contributed by atoms with Gasteiger partial charge in [0.05, 0.1) is 6.26 Å². The van der Waals surface area contributed by atoms with Crippen LogP contribution in [-0.4, -0.2) is 7.85 Å². The topological polar surface area (TPSA) is 13.1 Å². The van der Waals surface area contributed by atoms with Gasteiger partial charge in [-0.25, -0.2) is 0 Å². The van der Waals surface area contributed by atoms with Gasteiger partial charge in [0.2, 0.25) is 0 Å². The molecule has 0 spiro atoms. The highest BCUT2D eigenvalue weighted by atomic mass is 16.3. The molecular formula is C8H5BO. The number of para-hydroxylation sites is 1. The van der Waals surface area contributed by atoms with Crippen LogP contribution in [0.5, 0.6) is 0 Å². The van der Waals surface area contributed by atoms with Crippen LogP contribution in [0, 0.1) is 0 Å². The first kappa shape index (κ1) is 5.60. The Bertz CT molecular complexity index is 351. The fraction of sp³-hybridized carbons (Fsp3) is 0. The second kappa shape index (κ2) is 1.91. The molecule has 2 heteroatoms. The number of hydrogen-bond donors (Lipinski definition) is 0. The predicted octanol–water partition coefficient (Wildman–Crippen LogP) is 1.23. The van der Waals surface area contributed by atoms with Gasteiger partial charge in [0, 0.05) is 5.39 Å². The molecule has 1 heterocycles. The predicted molar refractivity (Wildman–Crippen MR) is 41.6 cm³/mol. The molecule has 0 fully saturated rings. The number of benzene rings is 1. The standard InChI is InChI=1S/C8H5BO/c9-7-5-10-8-4-2-1-3-6(7)8/h1-5H. The molecule has 1 nitrogen and oxygen atoms in total. The van der Waals surface area contributed by atoms with Crippen LogP contribution >= 0.6 is 0 Å². The van der Waals surface area contributed by atoms with Crippen molar-refractivity contribution in [2.24, 2.45) is 0 Å². The third kappa shape index (κ3) is 0.653. The number of rotatable bonds is 0. The normalized spacial score (nSPS) is 10.4. The first-order valence-electron chi connectivity index (χ1n) is 3.09. The van der Waals surface area contributed by atoms with Gasteiger partial charge in [0.1, 0.15) is 13.4 Å². The Labute approximate surface area is 60.1 Å². The first-order chi connectivity index (χ1) is 4.88. The minimum atomic E-state index is 0.704. The average molecular weight is 128 g/mol. The lowest BCUT2D eigenvalue weighted by Crippen LogP contribution is -1.95. The molecule has 2 aromatic rings. The Balaban J connectivity index is 2.93. The molecule has 10 heavy (non-hydrogen) atoms. The van der Waals surface area contributed by atoms with Gasteiger partial charge in [-0.2, -0.15) is 0 Å². The highest BCUT2D eigenvalue weighted by molar-refractivity contribution is 6.38. The van der Waals surface area contributed by atoms with E-state index in [0.29, 0.717) is 5.46 Å². The smallest absolute Gasteiger partial charge is 0.133 e. The highest BCUT2D eigenvalue weighted by Crippen LogP contribution is 2.10. The van der Waals surface area contributed by atoms with E-state index in [1.54, 1.807) is 6.26 Å². The van der Waals surface area contributed by atoms with E-state index in [4.69, 9.17) is 12.3 Å². The van der Waals surface area contributed by atoms with Crippen LogP contribution < -0.4 is 5.46 Å². The molecule has 0 unspecified atom stereocenters. The fourth-order valence-electron chi connectivity index (χ4n) is 0.998. The van der Waals surface area contributed by atoms with Gasteiger partial charge in [0.15, 0.2) is 0 Å². The summed E-state index contributed by atoms with van der Waals surface area (Å²) in [6.45, 7) is 0. The van der Waals surface area contributed by atoms with Gasteiger partial charge in [-0.1, -0.05) is 23.7 Å². The molecule has 0 N–H and O–H groups in total. The van der Waals surface area contributed by atoms with Crippen molar-refractivity contribution in [1.82, 2.24) is 0 Å². The molecule has 0 saturated carbocycles. The molecule has 2 radical (unpaired) electrons. The zero-order chi connectivity index (χ0) is 6.97. The molecule has 1 aromatic carbocycles. The minimum absolute atomic E-state index is 0.704. The first-order valence-corrected chi connectivity index (χ1v) is 3.09. The summed E-state index contributed by atoms with van der Waals surface area (Å²) in [7, 11) is 5.58. The molecule has 2 rings (SSSR count). The fourth-order valence-corrected chi connectivity index (χ4v) is 0.998. The Morgan fingerprint density at radius 3 is 2.80 bits per heavy atom. The van der Waals surface area contributed by atoms with Gasteiger partial charge in [0.25, 0.3) is 0 Å². The molecule has 0 atom stereocenters. The van der Waals surface area contributed by atoms with Crippen LogP contribution in [0.15, 0.2) is 34.9 Å². The quantitative estimate of drug-likeness (QED) is 0.486. The van der Waals surface area contributed by atoms with Crippen molar-refractivity contribution < 1.29 is 4.42 Å². The van der Waals surface area contributed by atoms with E-state index in [-0.39, 0.29) is 0 Å². The lowest BCUT2D eigenvalue weighted by molar-refractivity contribution is 0.618. The highest BCUT2D eigenvalue weighted by Gasteiger charge is 1.96. The summed E-state index contributed by atoms with van der Waals surface area (Å²) in [5.41, 5.74) is 1.55. The van der Waals surface area contributed by atoms with E-state index in [2.05, 4.69) is 0 Å². The summed E-state index contributed by atoms with van der Waals surface area (Å²) in [6.07, 6.45) is 1.56. The van der Waals surface area contributed by atoms with Crippen LogP contribution in [0.4, 0.5) is 0 Å². The van der Waals surface area contributed by atoms with E-state index in [9.17, 15) is 0 Å². The molecule has 0 aliphatic carbocycles. The van der Waals surface area contributed by atoms with Gasteiger partial charge < -0.3 is 4.42 Å². The lowest BCUT2D eigenvalue weighted by Gasteiger charge is -1.85. The summed E-state index contributed by atoms with van der Waals surface area (Å²) in [5, 5.41) is 0.988. The zero-order valence-electron chi connectivity index (χ0n) is 5.37. The maximum Gasteiger partial charge on any atom is 0.133 e. The maximum absolute atomic E-state index is 5.58. The monoisotopic (exact) mass is 128 g/mol. The Kier molecular flexibility index (Phi) is 1.07. The maximum atomic E-state index is 5.58.